The molecule has 2 heterocycles. The number of hydrogen-bond acceptors (Lipinski definition) is 6. The van der Waals surface area contributed by atoms with Gasteiger partial charge in [-0.05, 0) is 37.1 Å². The van der Waals surface area contributed by atoms with Gasteiger partial charge in [-0.1, -0.05) is 43.5 Å². The Hall–Kier alpha value is -3.02. The first kappa shape index (κ1) is 19.9. The molecule has 1 saturated heterocycles. The van der Waals surface area contributed by atoms with Crippen LogP contribution in [0.4, 0.5) is 17.5 Å². The smallest absolute Gasteiger partial charge is 0.228 e. The normalized spacial score (nSPS) is 17.7. The van der Waals surface area contributed by atoms with Gasteiger partial charge >= 0.3 is 0 Å². The molecule has 0 atom stereocenters. The molecule has 1 saturated carbocycles. The van der Waals surface area contributed by atoms with E-state index >= 15 is 0 Å². The highest BCUT2D eigenvalue weighted by molar-refractivity contribution is 5.90. The Labute approximate surface area is 184 Å². The van der Waals surface area contributed by atoms with Gasteiger partial charge < -0.3 is 19.9 Å². The highest BCUT2D eigenvalue weighted by Crippen LogP contribution is 2.30. The van der Waals surface area contributed by atoms with E-state index in [4.69, 9.17) is 14.7 Å². The van der Waals surface area contributed by atoms with Crippen molar-refractivity contribution in [2.24, 2.45) is 0 Å². The second kappa shape index (κ2) is 9.00. The van der Waals surface area contributed by atoms with Crippen LogP contribution in [0.2, 0.25) is 0 Å². The minimum atomic E-state index is 0.516. The highest BCUT2D eigenvalue weighted by Gasteiger charge is 2.23. The number of ether oxygens (including phenoxy) is 1. The van der Waals surface area contributed by atoms with Crippen molar-refractivity contribution in [2.75, 3.05) is 48.4 Å². The van der Waals surface area contributed by atoms with Crippen molar-refractivity contribution in [2.45, 2.75) is 38.1 Å². The lowest BCUT2D eigenvalue weighted by atomic mass is 9.95. The number of aromatic nitrogens is 2. The molecule has 2 fully saturated rings. The minimum Gasteiger partial charge on any atom is -0.495 e. The summed E-state index contributed by atoms with van der Waals surface area (Å²) in [7, 11) is 1.73. The van der Waals surface area contributed by atoms with Gasteiger partial charge in [0.15, 0.2) is 0 Å². The van der Waals surface area contributed by atoms with Crippen LogP contribution >= 0.6 is 0 Å². The summed E-state index contributed by atoms with van der Waals surface area (Å²) in [5.74, 6) is 2.74. The predicted octanol–water partition coefficient (Wildman–Crippen LogP) is 4.71. The maximum atomic E-state index is 5.56. The van der Waals surface area contributed by atoms with E-state index in [1.807, 2.05) is 12.1 Å². The van der Waals surface area contributed by atoms with Gasteiger partial charge in [0.1, 0.15) is 11.6 Å². The fourth-order valence-electron chi connectivity index (χ4n) is 4.79. The highest BCUT2D eigenvalue weighted by atomic mass is 16.5. The van der Waals surface area contributed by atoms with Crippen LogP contribution in [-0.2, 0) is 0 Å². The molecular formula is C25H31N5O. The summed E-state index contributed by atoms with van der Waals surface area (Å²) >= 11 is 0. The molecule has 5 rings (SSSR count). The lowest BCUT2D eigenvalue weighted by Crippen LogP contribution is -2.47. The molecule has 1 N–H and O–H groups in total. The van der Waals surface area contributed by atoms with Crippen LogP contribution < -0.4 is 19.9 Å². The quantitative estimate of drug-likeness (QED) is 0.649. The van der Waals surface area contributed by atoms with E-state index in [1.165, 1.54) is 32.1 Å². The Morgan fingerprint density at radius 2 is 1.55 bits per heavy atom. The van der Waals surface area contributed by atoms with Crippen molar-refractivity contribution >= 4 is 28.4 Å². The van der Waals surface area contributed by atoms with Gasteiger partial charge in [0.05, 0.1) is 18.3 Å². The molecule has 0 amide bonds. The lowest BCUT2D eigenvalue weighted by Gasteiger charge is -2.36. The van der Waals surface area contributed by atoms with E-state index in [1.54, 1.807) is 7.11 Å². The van der Waals surface area contributed by atoms with Gasteiger partial charge in [-0.2, -0.15) is 4.98 Å². The molecule has 1 aliphatic carbocycles. The fraction of sp³-hybridized carbons (Fsp3) is 0.440. The largest absolute Gasteiger partial charge is 0.495 e. The monoisotopic (exact) mass is 417 g/mol. The van der Waals surface area contributed by atoms with Crippen molar-refractivity contribution in [1.82, 2.24) is 9.97 Å². The molecule has 3 aromatic rings. The Morgan fingerprint density at radius 1 is 0.839 bits per heavy atom. The molecule has 6 nitrogen and oxygen atoms in total. The topological polar surface area (TPSA) is 53.5 Å². The van der Waals surface area contributed by atoms with Gasteiger partial charge in [-0.3, -0.25) is 0 Å². The molecular weight excluding hydrogens is 386 g/mol. The zero-order valence-corrected chi connectivity index (χ0v) is 18.3. The van der Waals surface area contributed by atoms with Crippen LogP contribution in [0.1, 0.15) is 32.1 Å². The summed E-state index contributed by atoms with van der Waals surface area (Å²) in [6.07, 6.45) is 6.41. The molecule has 0 bridgehead atoms. The van der Waals surface area contributed by atoms with Crippen LogP contribution in [0, 0.1) is 0 Å². The maximum absolute atomic E-state index is 5.56. The van der Waals surface area contributed by atoms with E-state index in [9.17, 15) is 0 Å². The van der Waals surface area contributed by atoms with Crippen molar-refractivity contribution in [3.63, 3.8) is 0 Å². The first-order valence-corrected chi connectivity index (χ1v) is 11.5. The van der Waals surface area contributed by atoms with Gasteiger partial charge in [-0.15, -0.1) is 0 Å². The van der Waals surface area contributed by atoms with E-state index in [-0.39, 0.29) is 0 Å². The summed E-state index contributed by atoms with van der Waals surface area (Å²) in [4.78, 5) is 14.6. The molecule has 0 radical (unpaired) electrons. The molecule has 2 aromatic carbocycles. The van der Waals surface area contributed by atoms with E-state index in [0.717, 1.165) is 60.3 Å². The molecule has 162 valence electrons. The van der Waals surface area contributed by atoms with E-state index < -0.39 is 0 Å². The third-order valence-corrected chi connectivity index (χ3v) is 6.53. The second-order valence-electron chi connectivity index (χ2n) is 8.51. The number of piperazine rings is 1. The lowest BCUT2D eigenvalue weighted by molar-refractivity contribution is 0.413. The van der Waals surface area contributed by atoms with Gasteiger partial charge in [-0.25, -0.2) is 4.98 Å². The first-order chi connectivity index (χ1) is 15.3. The van der Waals surface area contributed by atoms with Gasteiger partial charge in [0.25, 0.3) is 0 Å². The average molecular weight is 418 g/mol. The summed E-state index contributed by atoms with van der Waals surface area (Å²) in [5, 5.41) is 4.86. The van der Waals surface area contributed by atoms with Crippen molar-refractivity contribution in [1.29, 1.82) is 0 Å². The number of methoxy groups -OCH3 is 1. The number of benzene rings is 2. The molecule has 1 aliphatic heterocycles. The van der Waals surface area contributed by atoms with Crippen LogP contribution in [0.15, 0.2) is 48.5 Å². The summed E-state index contributed by atoms with van der Waals surface area (Å²) in [6.45, 7) is 3.61. The molecule has 2 aliphatic rings. The Balaban J connectivity index is 1.36. The summed E-state index contributed by atoms with van der Waals surface area (Å²) in [5.41, 5.74) is 2.17. The molecule has 31 heavy (non-hydrogen) atoms. The van der Waals surface area contributed by atoms with Crippen molar-refractivity contribution in [3.8, 4) is 5.75 Å². The first-order valence-electron chi connectivity index (χ1n) is 11.5. The Morgan fingerprint density at radius 3 is 2.35 bits per heavy atom. The van der Waals surface area contributed by atoms with E-state index in [2.05, 4.69) is 51.5 Å². The third kappa shape index (κ3) is 4.24. The van der Waals surface area contributed by atoms with Gasteiger partial charge in [0.2, 0.25) is 5.95 Å². The predicted molar refractivity (Wildman–Crippen MR) is 127 cm³/mol. The fourth-order valence-corrected chi connectivity index (χ4v) is 4.79. The maximum Gasteiger partial charge on any atom is 0.228 e. The summed E-state index contributed by atoms with van der Waals surface area (Å²) < 4.78 is 5.56. The second-order valence-corrected chi connectivity index (χ2v) is 8.51. The van der Waals surface area contributed by atoms with Crippen LogP contribution in [-0.4, -0.2) is 49.3 Å². The van der Waals surface area contributed by atoms with Crippen molar-refractivity contribution in [3.05, 3.63) is 48.5 Å². The molecule has 1 aromatic heterocycles. The van der Waals surface area contributed by atoms with E-state index in [0.29, 0.717) is 6.04 Å². The number of fused-ring (bicyclic) bond motifs is 1. The molecule has 6 heteroatoms. The molecule has 0 unspecified atom stereocenters. The minimum absolute atomic E-state index is 0.516. The number of rotatable bonds is 5. The summed E-state index contributed by atoms with van der Waals surface area (Å²) in [6, 6.07) is 17.1. The zero-order valence-electron chi connectivity index (χ0n) is 18.3. The number of nitrogens with zero attached hydrogens (tertiary/aromatic N) is 4. The number of anilines is 3. The van der Waals surface area contributed by atoms with Crippen LogP contribution in [0.5, 0.6) is 5.75 Å². The standard InChI is InChI=1S/C25H31N5O/c1-31-23-14-8-7-13-22(23)29-15-17-30(18-16-29)25-27-21-12-6-5-11-20(21)24(28-25)26-19-9-3-2-4-10-19/h5-8,11-14,19H,2-4,9-10,15-18H2,1H3,(H,26,27,28). The zero-order chi connectivity index (χ0) is 21.0. The Kier molecular flexibility index (Phi) is 5.78. The van der Waals surface area contributed by atoms with Gasteiger partial charge in [0, 0.05) is 37.6 Å². The number of hydrogen-bond donors (Lipinski definition) is 1. The van der Waals surface area contributed by atoms with Crippen LogP contribution in [0.3, 0.4) is 0 Å². The number of para-hydroxylation sites is 3. The average Bonchev–Trinajstić information content (AvgIpc) is 2.85. The van der Waals surface area contributed by atoms with Crippen molar-refractivity contribution < 1.29 is 4.74 Å². The third-order valence-electron chi connectivity index (χ3n) is 6.53. The number of nitrogens with one attached hydrogen (secondary N) is 1. The Bertz CT molecular complexity index is 1030. The molecule has 0 spiro atoms. The SMILES string of the molecule is COc1ccccc1N1CCN(c2nc(NC3CCCCC3)c3ccccc3n2)CC1. The van der Waals surface area contributed by atoms with Crippen LogP contribution in [0.25, 0.3) is 10.9 Å².